The first-order valence-electron chi connectivity index (χ1n) is 9.50. The maximum atomic E-state index is 11.5. The molecule has 1 rings (SSSR count). The average Bonchev–Trinajstić information content (AvgIpc) is 2.62. The summed E-state index contributed by atoms with van der Waals surface area (Å²) in [5, 5.41) is 9.23. The van der Waals surface area contributed by atoms with Crippen LogP contribution < -0.4 is 20.7 Å². The summed E-state index contributed by atoms with van der Waals surface area (Å²) in [7, 11) is 1.74. The first kappa shape index (κ1) is 26.3. The molecular weight excluding hydrogens is 471 g/mol. The van der Waals surface area contributed by atoms with E-state index in [1.165, 1.54) is 0 Å². The van der Waals surface area contributed by atoms with Gasteiger partial charge in [0.2, 0.25) is 0 Å². The fourth-order valence-electron chi connectivity index (χ4n) is 2.16. The van der Waals surface area contributed by atoms with Gasteiger partial charge in [-0.1, -0.05) is 18.2 Å². The number of carbonyl (C=O) groups is 1. The van der Waals surface area contributed by atoms with E-state index in [-0.39, 0.29) is 30.1 Å². The molecule has 0 aromatic heterocycles. The van der Waals surface area contributed by atoms with Gasteiger partial charge in [-0.2, -0.15) is 0 Å². The smallest absolute Gasteiger partial charge is 0.407 e. The number of aliphatic imine (C=N–C) groups is 1. The molecule has 0 unspecified atom stereocenters. The van der Waals surface area contributed by atoms with Crippen LogP contribution in [0.2, 0.25) is 0 Å². The molecule has 8 heteroatoms. The van der Waals surface area contributed by atoms with Gasteiger partial charge in [0.05, 0.1) is 6.61 Å². The highest BCUT2D eigenvalue weighted by atomic mass is 127. The van der Waals surface area contributed by atoms with Crippen LogP contribution >= 0.6 is 24.0 Å². The van der Waals surface area contributed by atoms with E-state index in [4.69, 9.17) is 9.47 Å². The van der Waals surface area contributed by atoms with Crippen molar-refractivity contribution in [1.82, 2.24) is 16.0 Å². The molecule has 3 N–H and O–H groups in total. The number of para-hydroxylation sites is 1. The van der Waals surface area contributed by atoms with Crippen molar-refractivity contribution < 1.29 is 14.3 Å². The summed E-state index contributed by atoms with van der Waals surface area (Å²) in [5.74, 6) is 1.67. The number of unbranched alkanes of at least 4 members (excludes halogenated alkanes) is 1. The van der Waals surface area contributed by atoms with E-state index in [1.54, 1.807) is 7.05 Å². The highest BCUT2D eigenvalue weighted by molar-refractivity contribution is 14.0. The Balaban J connectivity index is 0.00000729. The van der Waals surface area contributed by atoms with Gasteiger partial charge in [0.1, 0.15) is 11.4 Å². The molecule has 0 bridgehead atoms. The SMILES string of the molecule is CN=C(NCCCCOc1ccccc1)NCCCNC(=O)OC(C)(C)C.I. The molecule has 0 radical (unpaired) electrons. The molecule has 0 fully saturated rings. The third-order valence-electron chi connectivity index (χ3n) is 3.41. The molecule has 0 heterocycles. The van der Waals surface area contributed by atoms with Crippen LogP contribution in [0.4, 0.5) is 4.79 Å². The van der Waals surface area contributed by atoms with E-state index < -0.39 is 5.60 Å². The quantitative estimate of drug-likeness (QED) is 0.196. The Kier molecular flexibility index (Phi) is 14.3. The molecule has 0 saturated heterocycles. The number of guanidine groups is 1. The normalized spacial score (nSPS) is 11.2. The van der Waals surface area contributed by atoms with E-state index in [0.717, 1.165) is 37.5 Å². The Bertz CT molecular complexity index is 562. The zero-order valence-electron chi connectivity index (χ0n) is 17.4. The van der Waals surface area contributed by atoms with E-state index >= 15 is 0 Å². The summed E-state index contributed by atoms with van der Waals surface area (Å²) >= 11 is 0. The monoisotopic (exact) mass is 506 g/mol. The number of carbonyl (C=O) groups excluding carboxylic acids is 1. The van der Waals surface area contributed by atoms with Crippen molar-refractivity contribution in [2.24, 2.45) is 4.99 Å². The summed E-state index contributed by atoms with van der Waals surface area (Å²) in [5.41, 5.74) is -0.472. The Morgan fingerprint density at radius 3 is 2.18 bits per heavy atom. The second-order valence-corrected chi connectivity index (χ2v) is 7.08. The van der Waals surface area contributed by atoms with Crippen molar-refractivity contribution >= 4 is 36.0 Å². The van der Waals surface area contributed by atoms with Crippen LogP contribution in [0.15, 0.2) is 35.3 Å². The minimum Gasteiger partial charge on any atom is -0.494 e. The number of hydrogen-bond acceptors (Lipinski definition) is 4. The minimum atomic E-state index is -0.472. The Morgan fingerprint density at radius 2 is 1.57 bits per heavy atom. The third-order valence-corrected chi connectivity index (χ3v) is 3.41. The second-order valence-electron chi connectivity index (χ2n) is 7.08. The van der Waals surface area contributed by atoms with Crippen LogP contribution in [0.5, 0.6) is 5.75 Å². The molecule has 1 aromatic rings. The van der Waals surface area contributed by atoms with Crippen LogP contribution in [-0.4, -0.2) is 50.9 Å². The number of ether oxygens (including phenoxy) is 2. The van der Waals surface area contributed by atoms with Crippen LogP contribution in [-0.2, 0) is 4.74 Å². The van der Waals surface area contributed by atoms with Gasteiger partial charge in [-0.3, -0.25) is 4.99 Å². The zero-order chi connectivity index (χ0) is 20.0. The van der Waals surface area contributed by atoms with Crippen molar-refractivity contribution in [1.29, 1.82) is 0 Å². The van der Waals surface area contributed by atoms with Crippen LogP contribution in [0.1, 0.15) is 40.0 Å². The lowest BCUT2D eigenvalue weighted by atomic mass is 10.2. The first-order chi connectivity index (χ1) is 12.9. The number of alkyl carbamates (subject to hydrolysis) is 1. The number of hydrogen-bond donors (Lipinski definition) is 3. The van der Waals surface area contributed by atoms with Gasteiger partial charge >= 0.3 is 6.09 Å². The lowest BCUT2D eigenvalue weighted by Crippen LogP contribution is -2.39. The number of amides is 1. The Morgan fingerprint density at radius 1 is 0.964 bits per heavy atom. The topological polar surface area (TPSA) is 84.0 Å². The standard InChI is InChI=1S/C20H34N4O3.HI/c1-20(2,3)27-19(25)24-15-10-14-23-18(21-4)22-13-8-9-16-26-17-11-6-5-7-12-17;/h5-7,11-12H,8-10,13-16H2,1-4H3,(H,24,25)(H2,21,22,23);1H. The zero-order valence-corrected chi connectivity index (χ0v) is 19.7. The minimum absolute atomic E-state index is 0. The van der Waals surface area contributed by atoms with Crippen molar-refractivity contribution in [3.63, 3.8) is 0 Å². The molecule has 0 aliphatic rings. The molecule has 160 valence electrons. The summed E-state index contributed by atoms with van der Waals surface area (Å²) in [6.45, 7) is 8.33. The Hall–Kier alpha value is -1.71. The average molecular weight is 506 g/mol. The molecule has 0 spiro atoms. The highest BCUT2D eigenvalue weighted by Gasteiger charge is 2.15. The van der Waals surface area contributed by atoms with Gasteiger partial charge in [0.15, 0.2) is 5.96 Å². The van der Waals surface area contributed by atoms with Crippen molar-refractivity contribution in [3.05, 3.63) is 30.3 Å². The van der Waals surface area contributed by atoms with Gasteiger partial charge < -0.3 is 25.4 Å². The lowest BCUT2D eigenvalue weighted by molar-refractivity contribution is 0.0527. The molecule has 28 heavy (non-hydrogen) atoms. The summed E-state index contributed by atoms with van der Waals surface area (Å²) in [6.07, 6.45) is 2.36. The molecule has 7 nitrogen and oxygen atoms in total. The van der Waals surface area contributed by atoms with Crippen molar-refractivity contribution in [3.8, 4) is 5.75 Å². The predicted octanol–water partition coefficient (Wildman–Crippen LogP) is 3.54. The van der Waals surface area contributed by atoms with Crippen LogP contribution in [0, 0.1) is 0 Å². The Labute approximate surface area is 186 Å². The molecule has 0 aliphatic carbocycles. The van der Waals surface area contributed by atoms with Crippen LogP contribution in [0.25, 0.3) is 0 Å². The van der Waals surface area contributed by atoms with Gasteiger partial charge in [-0.05, 0) is 52.2 Å². The summed E-state index contributed by atoms with van der Waals surface area (Å²) in [4.78, 5) is 15.7. The van der Waals surface area contributed by atoms with Gasteiger partial charge in [-0.15, -0.1) is 24.0 Å². The molecule has 0 saturated carbocycles. The fraction of sp³-hybridized carbons (Fsp3) is 0.600. The number of rotatable bonds is 10. The summed E-state index contributed by atoms with van der Waals surface area (Å²) in [6, 6.07) is 9.83. The predicted molar refractivity (Wildman–Crippen MR) is 125 cm³/mol. The lowest BCUT2D eigenvalue weighted by Gasteiger charge is -2.19. The largest absolute Gasteiger partial charge is 0.494 e. The molecular formula is C20H35IN4O3. The van der Waals surface area contributed by atoms with E-state index in [9.17, 15) is 4.79 Å². The van der Waals surface area contributed by atoms with Crippen molar-refractivity contribution in [2.45, 2.75) is 45.6 Å². The van der Waals surface area contributed by atoms with E-state index in [2.05, 4.69) is 20.9 Å². The number of halogens is 1. The third kappa shape index (κ3) is 14.4. The molecule has 1 amide bonds. The van der Waals surface area contributed by atoms with Crippen LogP contribution in [0.3, 0.4) is 0 Å². The van der Waals surface area contributed by atoms with Crippen molar-refractivity contribution in [2.75, 3.05) is 33.3 Å². The van der Waals surface area contributed by atoms with E-state index in [0.29, 0.717) is 19.7 Å². The number of benzene rings is 1. The molecule has 1 aromatic carbocycles. The van der Waals surface area contributed by atoms with Gasteiger partial charge in [0, 0.05) is 26.7 Å². The maximum absolute atomic E-state index is 11.5. The number of nitrogens with zero attached hydrogens (tertiary/aromatic N) is 1. The molecule has 0 atom stereocenters. The van der Waals surface area contributed by atoms with Gasteiger partial charge in [0.25, 0.3) is 0 Å². The molecule has 0 aliphatic heterocycles. The fourth-order valence-corrected chi connectivity index (χ4v) is 2.16. The highest BCUT2D eigenvalue weighted by Crippen LogP contribution is 2.08. The second kappa shape index (κ2) is 15.2. The number of nitrogens with one attached hydrogen (secondary N) is 3. The van der Waals surface area contributed by atoms with E-state index in [1.807, 2.05) is 51.1 Å². The summed E-state index contributed by atoms with van der Waals surface area (Å²) < 4.78 is 10.8. The maximum Gasteiger partial charge on any atom is 0.407 e. The van der Waals surface area contributed by atoms with Gasteiger partial charge in [-0.25, -0.2) is 4.79 Å². The first-order valence-corrected chi connectivity index (χ1v) is 9.50.